The van der Waals surface area contributed by atoms with E-state index in [1.165, 1.54) is 0 Å². The Bertz CT molecular complexity index is 529. The highest BCUT2D eigenvalue weighted by Gasteiger charge is 2.31. The minimum atomic E-state index is -0.521. The van der Waals surface area contributed by atoms with E-state index < -0.39 is 4.76 Å². The molecular weight excluding hydrogens is 214 g/mol. The predicted octanol–water partition coefficient (Wildman–Crippen LogP) is 2.47. The Morgan fingerprint density at radius 1 is 1.12 bits per heavy atom. The summed E-state index contributed by atoms with van der Waals surface area (Å²) in [5, 5.41) is 12.7. The monoisotopic (exact) mass is 227 g/mol. The van der Waals surface area contributed by atoms with Crippen LogP contribution >= 0.6 is 0 Å². The molecule has 0 radical (unpaired) electrons. The molecule has 1 N–H and O–H groups in total. The third-order valence-electron chi connectivity index (χ3n) is 3.04. The molecule has 1 aliphatic rings. The van der Waals surface area contributed by atoms with Crippen molar-refractivity contribution in [1.82, 2.24) is 9.74 Å². The van der Waals surface area contributed by atoms with Crippen molar-refractivity contribution in [2.45, 2.75) is 6.42 Å². The summed E-state index contributed by atoms with van der Waals surface area (Å²) in [6, 6.07) is 13.3. The Morgan fingerprint density at radius 2 is 1.94 bits per heavy atom. The summed E-state index contributed by atoms with van der Waals surface area (Å²) in [7, 11) is 0. The molecule has 3 rings (SSSR count). The van der Waals surface area contributed by atoms with Gasteiger partial charge in [0.1, 0.15) is 6.54 Å². The molecule has 0 aliphatic carbocycles. The summed E-state index contributed by atoms with van der Waals surface area (Å²) >= 11 is 0. The van der Waals surface area contributed by atoms with E-state index >= 15 is 0 Å². The lowest BCUT2D eigenvalue weighted by atomic mass is 10.2. The first-order valence-corrected chi connectivity index (χ1v) is 5.65. The highest BCUT2D eigenvalue weighted by molar-refractivity contribution is 5.58. The number of fused-ring (bicyclic) bond motifs is 1. The highest BCUT2D eigenvalue weighted by Crippen LogP contribution is 2.33. The van der Waals surface area contributed by atoms with E-state index in [-0.39, 0.29) is 0 Å². The number of pyridine rings is 1. The minimum absolute atomic E-state index is 0.510. The highest BCUT2D eigenvalue weighted by atomic mass is 16.6. The van der Waals surface area contributed by atoms with Crippen molar-refractivity contribution in [3.8, 4) is 0 Å². The summed E-state index contributed by atoms with van der Waals surface area (Å²) in [6.45, 7) is 0.510. The van der Waals surface area contributed by atoms with Crippen molar-refractivity contribution >= 4 is 11.5 Å². The number of aromatic nitrogens is 1. The smallest absolute Gasteiger partial charge is 0.174 e. The molecule has 2 heterocycles. The van der Waals surface area contributed by atoms with Gasteiger partial charge in [-0.1, -0.05) is 24.3 Å². The van der Waals surface area contributed by atoms with E-state index in [1.807, 2.05) is 36.4 Å². The third kappa shape index (κ3) is 1.77. The molecule has 0 saturated carbocycles. The average molecular weight is 227 g/mol. The Balaban J connectivity index is 1.94. The van der Waals surface area contributed by atoms with Gasteiger partial charge in [-0.3, -0.25) is 0 Å². The number of quaternary nitrogens is 1. The first kappa shape index (κ1) is 10.3. The van der Waals surface area contributed by atoms with Crippen molar-refractivity contribution in [2.24, 2.45) is 0 Å². The molecule has 2 aromatic rings. The van der Waals surface area contributed by atoms with Crippen LogP contribution in [0.15, 0.2) is 48.7 Å². The van der Waals surface area contributed by atoms with Crippen molar-refractivity contribution in [1.29, 1.82) is 0 Å². The van der Waals surface area contributed by atoms with Gasteiger partial charge in [-0.05, 0) is 12.1 Å². The largest absolute Gasteiger partial charge is 0.601 e. The summed E-state index contributed by atoms with van der Waals surface area (Å²) in [6.07, 6.45) is 2.48. The molecule has 0 spiro atoms. The number of hydrogen-bond acceptors (Lipinski definition) is 3. The SMILES string of the molecule is [O-][N+]1(Nc2ccccn2)CCc2ccccc21. The topological polar surface area (TPSA) is 48.0 Å². The van der Waals surface area contributed by atoms with Gasteiger partial charge in [-0.25, -0.2) is 15.2 Å². The first-order chi connectivity index (χ1) is 8.28. The summed E-state index contributed by atoms with van der Waals surface area (Å²) in [5.74, 6) is 0.610. The van der Waals surface area contributed by atoms with Crippen LogP contribution in [0.1, 0.15) is 5.56 Å². The van der Waals surface area contributed by atoms with Gasteiger partial charge in [-0.2, -0.15) is 0 Å². The Kier molecular flexibility index (Phi) is 2.31. The minimum Gasteiger partial charge on any atom is -0.601 e. The maximum atomic E-state index is 12.7. The van der Waals surface area contributed by atoms with Crippen LogP contribution in [-0.2, 0) is 6.42 Å². The number of anilines is 1. The van der Waals surface area contributed by atoms with Crippen LogP contribution in [0.3, 0.4) is 0 Å². The van der Waals surface area contributed by atoms with Crippen LogP contribution in [0, 0.1) is 5.21 Å². The molecule has 4 heteroatoms. The van der Waals surface area contributed by atoms with Crippen molar-refractivity contribution in [3.05, 3.63) is 59.4 Å². The van der Waals surface area contributed by atoms with Crippen LogP contribution in [0.5, 0.6) is 0 Å². The standard InChI is InChI=1S/C13H13N3O/c17-16(15-13-7-3-4-9-14-13)10-8-11-5-1-2-6-12(11)16/h1-7,9H,8,10H2,(H,14,15). The molecular formula is C13H13N3O. The Morgan fingerprint density at radius 3 is 2.76 bits per heavy atom. The summed E-state index contributed by atoms with van der Waals surface area (Å²) in [5.41, 5.74) is 4.85. The first-order valence-electron chi connectivity index (χ1n) is 5.65. The second-order valence-electron chi connectivity index (χ2n) is 4.17. The zero-order valence-electron chi connectivity index (χ0n) is 9.34. The van der Waals surface area contributed by atoms with Crippen LogP contribution in [-0.4, -0.2) is 11.5 Å². The lowest BCUT2D eigenvalue weighted by molar-refractivity contribution is 0.472. The number of hydroxylamine groups is 1. The maximum Gasteiger partial charge on any atom is 0.174 e. The molecule has 0 amide bonds. The fraction of sp³-hybridized carbons (Fsp3) is 0.154. The second kappa shape index (κ2) is 3.84. The van der Waals surface area contributed by atoms with Gasteiger partial charge < -0.3 is 5.21 Å². The number of hydrogen-bond donors (Lipinski definition) is 1. The molecule has 1 unspecified atom stereocenters. The molecule has 0 bridgehead atoms. The zero-order chi connectivity index (χ0) is 11.7. The number of para-hydroxylation sites is 1. The van der Waals surface area contributed by atoms with E-state index in [0.717, 1.165) is 17.7 Å². The van der Waals surface area contributed by atoms with E-state index in [2.05, 4.69) is 10.4 Å². The van der Waals surface area contributed by atoms with Gasteiger partial charge >= 0.3 is 0 Å². The number of nitrogens with one attached hydrogen (secondary N) is 1. The molecule has 0 saturated heterocycles. The van der Waals surface area contributed by atoms with E-state index in [4.69, 9.17) is 0 Å². The Hall–Kier alpha value is -1.91. The average Bonchev–Trinajstić information content (AvgIpc) is 2.69. The quantitative estimate of drug-likeness (QED) is 0.633. The van der Waals surface area contributed by atoms with Crippen LogP contribution in [0.25, 0.3) is 0 Å². The lowest BCUT2D eigenvalue weighted by Crippen LogP contribution is -2.47. The van der Waals surface area contributed by atoms with Crippen molar-refractivity contribution in [2.75, 3.05) is 12.0 Å². The number of nitrogens with zero attached hydrogens (tertiary/aromatic N) is 2. The third-order valence-corrected chi connectivity index (χ3v) is 3.04. The predicted molar refractivity (Wildman–Crippen MR) is 68.0 cm³/mol. The Labute approximate surface area is 99.7 Å². The molecule has 17 heavy (non-hydrogen) atoms. The molecule has 1 aromatic heterocycles. The second-order valence-corrected chi connectivity index (χ2v) is 4.17. The van der Waals surface area contributed by atoms with Gasteiger partial charge in [0.05, 0.1) is 0 Å². The molecule has 1 atom stereocenters. The summed E-state index contributed by atoms with van der Waals surface area (Å²) in [4.78, 5) is 4.13. The number of benzene rings is 1. The fourth-order valence-electron chi connectivity index (χ4n) is 2.20. The van der Waals surface area contributed by atoms with Crippen LogP contribution in [0.2, 0.25) is 0 Å². The van der Waals surface area contributed by atoms with E-state index in [1.54, 1.807) is 12.3 Å². The van der Waals surface area contributed by atoms with Gasteiger partial charge in [-0.15, -0.1) is 0 Å². The van der Waals surface area contributed by atoms with Gasteiger partial charge in [0.25, 0.3) is 0 Å². The van der Waals surface area contributed by atoms with Gasteiger partial charge in [0.15, 0.2) is 11.5 Å². The van der Waals surface area contributed by atoms with Gasteiger partial charge in [0, 0.05) is 24.2 Å². The van der Waals surface area contributed by atoms with Crippen LogP contribution in [0.4, 0.5) is 11.5 Å². The van der Waals surface area contributed by atoms with E-state index in [0.29, 0.717) is 12.4 Å². The maximum absolute atomic E-state index is 12.7. The van der Waals surface area contributed by atoms with Crippen molar-refractivity contribution in [3.63, 3.8) is 0 Å². The van der Waals surface area contributed by atoms with Gasteiger partial charge in [0.2, 0.25) is 0 Å². The zero-order valence-corrected chi connectivity index (χ0v) is 9.34. The molecule has 0 fully saturated rings. The summed E-state index contributed by atoms with van der Waals surface area (Å²) < 4.78 is -0.521. The molecule has 86 valence electrons. The lowest BCUT2D eigenvalue weighted by Gasteiger charge is -2.37. The van der Waals surface area contributed by atoms with E-state index in [9.17, 15) is 5.21 Å². The van der Waals surface area contributed by atoms with Crippen LogP contribution < -0.4 is 10.2 Å². The normalized spacial score (nSPS) is 22.2. The molecule has 1 aliphatic heterocycles. The molecule has 4 nitrogen and oxygen atoms in total. The van der Waals surface area contributed by atoms with Crippen molar-refractivity contribution < 1.29 is 0 Å². The molecule has 1 aromatic carbocycles. The number of rotatable bonds is 2. The fourth-order valence-corrected chi connectivity index (χ4v) is 2.20.